The number of hydrogen-bond acceptors (Lipinski definition) is 10. The number of imidazole rings is 2. The lowest BCUT2D eigenvalue weighted by molar-refractivity contribution is -0.139. The standard InChI is InChI=1S/C43H60F2N10O6/c1-22(2)13-34(50-40(58)24(5)46-7)42(60)52-20-30(56)16-28(52)18-54-35-11-9-26(44)14-32(35)48-38(54)39-49-33-15-27(45)10-12-36(33)55(39)19-29-17-31(57)21-53(29)43(61)37(23(3)4)51-41(59)25(6)47-8/h9-12,14-15,22-25,28-31,34,37,46-47,56-57H,13,16-21H2,1-8H3,(H,50,58)(H,51,59)/t24-,25-,28+,29+,30?,31?,34-,37-/m1/s1. The van der Waals surface area contributed by atoms with Crippen molar-refractivity contribution in [3.05, 3.63) is 48.0 Å². The normalized spacial score (nSPS) is 21.4. The van der Waals surface area contributed by atoms with Crippen LogP contribution in [0, 0.1) is 23.5 Å². The molecule has 6 rings (SSSR count). The van der Waals surface area contributed by atoms with E-state index in [1.165, 1.54) is 24.3 Å². The van der Waals surface area contributed by atoms with Gasteiger partial charge in [-0.25, -0.2) is 18.7 Å². The summed E-state index contributed by atoms with van der Waals surface area (Å²) in [4.78, 5) is 67.5. The van der Waals surface area contributed by atoms with Crippen LogP contribution in [0.2, 0.25) is 0 Å². The third kappa shape index (κ3) is 9.87. The molecule has 2 fully saturated rings. The molecule has 2 aromatic carbocycles. The number of β-amino-alcohol motifs (C(OH)–C–C–N with tert-alkyl or cyclic N) is 2. The predicted molar refractivity (Wildman–Crippen MR) is 226 cm³/mol. The maximum atomic E-state index is 14.8. The predicted octanol–water partition coefficient (Wildman–Crippen LogP) is 2.14. The zero-order chi connectivity index (χ0) is 44.4. The average Bonchev–Trinajstić information content (AvgIpc) is 3.97. The van der Waals surface area contributed by atoms with Crippen LogP contribution in [-0.4, -0.2) is 138 Å². The molecule has 4 amide bonds. The Morgan fingerprint density at radius 3 is 1.57 bits per heavy atom. The molecule has 2 aromatic heterocycles. The second-order valence-corrected chi connectivity index (χ2v) is 17.4. The lowest BCUT2D eigenvalue weighted by Crippen LogP contribution is -2.55. The second kappa shape index (κ2) is 18.9. The SMILES string of the molecule is CN[C@H](C)C(=O)N[C@H](CC(C)C)C(=O)N1CC(O)C[C@H]1Cn1c(-c2nc3cc(F)ccc3n2C[C@@H]2CC(O)CN2C(=O)[C@H](NC(=O)[C@@H](C)NC)C(C)C)nc2cc(F)ccc21. The highest BCUT2D eigenvalue weighted by atomic mass is 19.1. The largest absolute Gasteiger partial charge is 0.391 e. The topological polar surface area (TPSA) is 199 Å². The van der Waals surface area contributed by atoms with Crippen LogP contribution >= 0.6 is 0 Å². The Morgan fingerprint density at radius 2 is 1.15 bits per heavy atom. The molecule has 2 aliphatic heterocycles. The van der Waals surface area contributed by atoms with Crippen molar-refractivity contribution >= 4 is 45.7 Å². The van der Waals surface area contributed by atoms with Crippen LogP contribution in [0.25, 0.3) is 33.7 Å². The number of aliphatic hydroxyl groups excluding tert-OH is 2. The summed E-state index contributed by atoms with van der Waals surface area (Å²) >= 11 is 0. The molecule has 2 unspecified atom stereocenters. The van der Waals surface area contributed by atoms with Crippen LogP contribution in [0.15, 0.2) is 36.4 Å². The molecule has 0 radical (unpaired) electrons. The number of amides is 4. The van der Waals surface area contributed by atoms with E-state index in [2.05, 4.69) is 21.3 Å². The van der Waals surface area contributed by atoms with E-state index in [-0.39, 0.29) is 86.1 Å². The number of nitrogens with one attached hydrogen (secondary N) is 4. The number of aliphatic hydroxyl groups is 2. The lowest BCUT2D eigenvalue weighted by Gasteiger charge is -2.32. The number of halogens is 2. The number of rotatable bonds is 16. The number of likely N-dealkylation sites (tertiary alicyclic amines) is 2. The minimum atomic E-state index is -0.879. The summed E-state index contributed by atoms with van der Waals surface area (Å²) in [6, 6.07) is 4.33. The molecule has 8 atom stereocenters. The summed E-state index contributed by atoms with van der Waals surface area (Å²) in [5.74, 6) is -2.11. The smallest absolute Gasteiger partial charge is 0.245 e. The van der Waals surface area contributed by atoms with Crippen LogP contribution in [0.4, 0.5) is 8.78 Å². The van der Waals surface area contributed by atoms with Gasteiger partial charge in [-0.05, 0) is 83.3 Å². The highest BCUT2D eigenvalue weighted by Crippen LogP contribution is 2.33. The Morgan fingerprint density at radius 1 is 0.705 bits per heavy atom. The van der Waals surface area contributed by atoms with Gasteiger partial charge in [-0.3, -0.25) is 19.2 Å². The third-order valence-electron chi connectivity index (χ3n) is 12.0. The van der Waals surface area contributed by atoms with Gasteiger partial charge in [0.05, 0.1) is 58.4 Å². The van der Waals surface area contributed by atoms with Gasteiger partial charge in [0, 0.05) is 38.3 Å². The highest BCUT2D eigenvalue weighted by molar-refractivity contribution is 5.91. The van der Waals surface area contributed by atoms with Crippen LogP contribution < -0.4 is 21.3 Å². The fraction of sp³-hybridized carbons (Fsp3) is 0.581. The van der Waals surface area contributed by atoms with Crippen LogP contribution in [0.5, 0.6) is 0 Å². The van der Waals surface area contributed by atoms with Gasteiger partial charge in [-0.15, -0.1) is 0 Å². The Labute approximate surface area is 354 Å². The summed E-state index contributed by atoms with van der Waals surface area (Å²) in [7, 11) is 3.31. The molecule has 0 bridgehead atoms. The van der Waals surface area contributed by atoms with Crippen molar-refractivity contribution < 1.29 is 38.2 Å². The quantitative estimate of drug-likeness (QED) is 0.0972. The molecule has 0 aliphatic carbocycles. The fourth-order valence-electron chi connectivity index (χ4n) is 8.43. The van der Waals surface area contributed by atoms with Gasteiger partial charge in [0.2, 0.25) is 23.6 Å². The second-order valence-electron chi connectivity index (χ2n) is 17.4. The number of likely N-dealkylation sites (N-methyl/N-ethyl adjacent to an activating group) is 2. The number of aromatic nitrogens is 4. The van der Waals surface area contributed by atoms with Crippen molar-refractivity contribution in [2.24, 2.45) is 11.8 Å². The van der Waals surface area contributed by atoms with Gasteiger partial charge in [0.25, 0.3) is 0 Å². The van der Waals surface area contributed by atoms with E-state index in [1.54, 1.807) is 54.4 Å². The maximum Gasteiger partial charge on any atom is 0.245 e. The first-order valence-electron chi connectivity index (χ1n) is 21.1. The average molecular weight is 851 g/mol. The molecule has 4 aromatic rings. The molecule has 2 aliphatic rings. The molecular weight excluding hydrogens is 791 g/mol. The molecule has 0 saturated carbocycles. The molecule has 0 spiro atoms. The minimum absolute atomic E-state index is 0.0263. The first-order valence-corrected chi connectivity index (χ1v) is 21.1. The number of benzene rings is 2. The first kappa shape index (κ1) is 45.5. The Kier molecular flexibility index (Phi) is 14.1. The molecule has 2 saturated heterocycles. The number of fused-ring (bicyclic) bond motifs is 2. The molecule has 332 valence electrons. The summed E-state index contributed by atoms with van der Waals surface area (Å²) < 4.78 is 33.3. The van der Waals surface area contributed by atoms with E-state index in [0.717, 1.165) is 0 Å². The van der Waals surface area contributed by atoms with Crippen LogP contribution in [0.3, 0.4) is 0 Å². The number of nitrogens with zero attached hydrogens (tertiary/aromatic N) is 6. The highest BCUT2D eigenvalue weighted by Gasteiger charge is 2.42. The number of carbonyl (C=O) groups excluding carboxylic acids is 4. The zero-order valence-corrected chi connectivity index (χ0v) is 36.2. The molecule has 16 nitrogen and oxygen atoms in total. The van der Waals surface area contributed by atoms with E-state index in [9.17, 15) is 38.2 Å². The third-order valence-corrected chi connectivity index (χ3v) is 12.0. The molecule has 6 N–H and O–H groups in total. The summed E-state index contributed by atoms with van der Waals surface area (Å²) in [5, 5.41) is 33.6. The fourth-order valence-corrected chi connectivity index (χ4v) is 8.43. The molecular formula is C43H60F2N10O6. The first-order chi connectivity index (χ1) is 28.9. The Balaban J connectivity index is 1.41. The zero-order valence-electron chi connectivity index (χ0n) is 36.2. The van der Waals surface area contributed by atoms with Crippen LogP contribution in [-0.2, 0) is 32.3 Å². The van der Waals surface area contributed by atoms with Gasteiger partial charge in [-0.1, -0.05) is 27.7 Å². The van der Waals surface area contributed by atoms with Crippen molar-refractivity contribution in [3.8, 4) is 11.6 Å². The molecule has 18 heteroatoms. The van der Waals surface area contributed by atoms with Gasteiger partial charge in [-0.2, -0.15) is 0 Å². The molecule has 61 heavy (non-hydrogen) atoms. The summed E-state index contributed by atoms with van der Waals surface area (Å²) in [5.41, 5.74) is 1.62. The number of carbonyl (C=O) groups is 4. The summed E-state index contributed by atoms with van der Waals surface area (Å²) in [6.45, 7) is 11.2. The van der Waals surface area contributed by atoms with Crippen molar-refractivity contribution in [3.63, 3.8) is 0 Å². The van der Waals surface area contributed by atoms with Gasteiger partial charge in [0.15, 0.2) is 11.6 Å². The maximum absolute atomic E-state index is 14.8. The minimum Gasteiger partial charge on any atom is -0.391 e. The monoisotopic (exact) mass is 850 g/mol. The van der Waals surface area contributed by atoms with Crippen molar-refractivity contribution in [1.82, 2.24) is 50.2 Å². The van der Waals surface area contributed by atoms with E-state index >= 15 is 0 Å². The van der Waals surface area contributed by atoms with Gasteiger partial charge in [0.1, 0.15) is 23.7 Å². The van der Waals surface area contributed by atoms with Crippen LogP contribution in [0.1, 0.15) is 60.8 Å². The van der Waals surface area contributed by atoms with Crippen molar-refractivity contribution in [2.75, 3.05) is 27.2 Å². The van der Waals surface area contributed by atoms with Gasteiger partial charge < -0.3 is 50.4 Å². The van der Waals surface area contributed by atoms with E-state index in [4.69, 9.17) is 9.97 Å². The lowest BCUT2D eigenvalue weighted by atomic mass is 10.0. The van der Waals surface area contributed by atoms with E-state index < -0.39 is 60.1 Å². The Bertz CT molecular complexity index is 2240. The Hall–Kier alpha value is -5.04. The number of hydrogen-bond donors (Lipinski definition) is 6. The van der Waals surface area contributed by atoms with Crippen molar-refractivity contribution in [2.45, 2.75) is 122 Å². The molecule has 4 heterocycles. The van der Waals surface area contributed by atoms with E-state index in [1.807, 2.05) is 32.3 Å². The van der Waals surface area contributed by atoms with Gasteiger partial charge >= 0.3 is 0 Å². The summed E-state index contributed by atoms with van der Waals surface area (Å²) in [6.07, 6.45) is -0.936. The van der Waals surface area contributed by atoms with Crippen molar-refractivity contribution in [1.29, 1.82) is 0 Å². The van der Waals surface area contributed by atoms with E-state index in [0.29, 0.717) is 28.5 Å².